The van der Waals surface area contributed by atoms with Gasteiger partial charge < -0.3 is 19.4 Å². The third kappa shape index (κ3) is 4.27. The summed E-state index contributed by atoms with van der Waals surface area (Å²) in [7, 11) is 1.85. The molecule has 4 aromatic rings. The molecule has 36 heavy (non-hydrogen) atoms. The first-order chi connectivity index (χ1) is 17.7. The Morgan fingerprint density at radius 2 is 1.78 bits per heavy atom. The summed E-state index contributed by atoms with van der Waals surface area (Å²) in [4.78, 5) is 20.2. The van der Waals surface area contributed by atoms with Gasteiger partial charge in [-0.25, -0.2) is 0 Å². The van der Waals surface area contributed by atoms with Gasteiger partial charge in [-0.15, -0.1) is 5.10 Å². The first-order valence-electron chi connectivity index (χ1n) is 11.9. The van der Waals surface area contributed by atoms with Crippen molar-refractivity contribution >= 4 is 23.2 Å². The molecule has 10 nitrogen and oxygen atoms in total. The van der Waals surface area contributed by atoms with Crippen LogP contribution in [0.5, 0.6) is 0 Å². The maximum atomic E-state index is 13.2. The number of hydrogen-bond donors (Lipinski definition) is 1. The minimum Gasteiger partial charge on any atom is -0.401 e. The Balaban J connectivity index is 1.31. The summed E-state index contributed by atoms with van der Waals surface area (Å²) in [6.07, 6.45) is 1.31. The summed E-state index contributed by atoms with van der Waals surface area (Å²) in [5.74, 6) is 0.191. The molecule has 6 rings (SSSR count). The number of morpholine rings is 1. The molecule has 2 aromatic heterocycles. The predicted octanol–water partition coefficient (Wildman–Crippen LogP) is 2.71. The van der Waals surface area contributed by atoms with Crippen LogP contribution in [-0.4, -0.2) is 63.9 Å². The molecule has 1 saturated heterocycles. The van der Waals surface area contributed by atoms with Crippen LogP contribution in [0.4, 0.5) is 11.7 Å². The highest BCUT2D eigenvalue weighted by Crippen LogP contribution is 2.30. The molecule has 1 N–H and O–H groups in total. The number of Topliss-reactive ketones (excluding diaryl/α,β-unsaturated/α-hetero) is 1. The van der Waals surface area contributed by atoms with Crippen LogP contribution in [0.3, 0.4) is 0 Å². The number of carbonyl (C=O) groups excluding carboxylic acids is 1. The van der Waals surface area contributed by atoms with Gasteiger partial charge in [0, 0.05) is 43.9 Å². The Labute approximate surface area is 207 Å². The molecule has 0 amide bonds. The highest BCUT2D eigenvalue weighted by Gasteiger charge is 2.28. The third-order valence-corrected chi connectivity index (χ3v) is 6.30. The number of aliphatic imine (C=N–C) groups is 1. The van der Waals surface area contributed by atoms with Crippen molar-refractivity contribution in [1.82, 2.24) is 20.0 Å². The van der Waals surface area contributed by atoms with Gasteiger partial charge in [-0.1, -0.05) is 59.7 Å². The zero-order valence-corrected chi connectivity index (χ0v) is 19.8. The molecule has 0 radical (unpaired) electrons. The summed E-state index contributed by atoms with van der Waals surface area (Å²) < 4.78 is 13.1. The Morgan fingerprint density at radius 1 is 1.00 bits per heavy atom. The van der Waals surface area contributed by atoms with Crippen LogP contribution in [0.25, 0.3) is 11.6 Å². The number of carbonyl (C=O) groups is 1. The maximum Gasteiger partial charge on any atom is 0.317 e. The van der Waals surface area contributed by atoms with Crippen LogP contribution in [0, 0.1) is 0 Å². The Bertz CT molecular complexity index is 1420. The average molecular weight is 484 g/mol. The summed E-state index contributed by atoms with van der Waals surface area (Å²) in [6.45, 7) is 2.82. The number of ketones is 1. The molecular formula is C26H25N7O3. The van der Waals surface area contributed by atoms with Gasteiger partial charge in [0.1, 0.15) is 0 Å². The monoisotopic (exact) mass is 483 g/mol. The van der Waals surface area contributed by atoms with E-state index in [9.17, 15) is 4.79 Å². The normalized spacial score (nSPS) is 17.9. The molecule has 2 aliphatic rings. The Morgan fingerprint density at radius 3 is 2.61 bits per heavy atom. The van der Waals surface area contributed by atoms with E-state index in [-0.39, 0.29) is 24.1 Å². The summed E-state index contributed by atoms with van der Waals surface area (Å²) >= 11 is 0. The SMILES string of the molecule is Cn1cc(N2CCOCC2)c(-c2nnc(N[C@H]3N=C(c4ccccc4)c4ccccc4CC3=O)o2)n1. The lowest BCUT2D eigenvalue weighted by atomic mass is 9.96. The smallest absolute Gasteiger partial charge is 0.317 e. The fraction of sp³-hybridized carbons (Fsp3) is 0.269. The molecule has 0 spiro atoms. The molecule has 2 aromatic carbocycles. The number of fused-ring (bicyclic) bond motifs is 1. The van der Waals surface area contributed by atoms with Crippen molar-refractivity contribution in [1.29, 1.82) is 0 Å². The van der Waals surface area contributed by atoms with Gasteiger partial charge >= 0.3 is 6.01 Å². The van der Waals surface area contributed by atoms with Crippen molar-refractivity contribution in [3.63, 3.8) is 0 Å². The Kier molecular flexibility index (Phi) is 5.78. The summed E-state index contributed by atoms with van der Waals surface area (Å²) in [5.41, 5.74) is 5.05. The number of nitrogens with zero attached hydrogens (tertiary/aromatic N) is 6. The Hall–Kier alpha value is -4.31. The second kappa shape index (κ2) is 9.38. The topological polar surface area (TPSA) is 111 Å². The van der Waals surface area contributed by atoms with Crippen molar-refractivity contribution in [3.8, 4) is 11.6 Å². The van der Waals surface area contributed by atoms with E-state index < -0.39 is 6.17 Å². The van der Waals surface area contributed by atoms with Gasteiger partial charge in [-0.3, -0.25) is 14.5 Å². The predicted molar refractivity (Wildman–Crippen MR) is 134 cm³/mol. The zero-order chi connectivity index (χ0) is 24.5. The maximum absolute atomic E-state index is 13.2. The van der Waals surface area contributed by atoms with Gasteiger partial charge in [-0.2, -0.15) is 5.10 Å². The molecule has 1 fully saturated rings. The van der Waals surface area contributed by atoms with E-state index in [2.05, 4.69) is 25.5 Å². The number of ether oxygens (including phenoxy) is 1. The molecule has 2 aliphatic heterocycles. The standard InChI is InChI=1S/C26H25N7O3/c1-32-16-20(33-11-13-35-14-12-33)23(31-32)25-29-30-26(36-25)28-24-21(34)15-18-9-5-6-10-19(18)22(27-24)17-7-3-2-4-8-17/h2-10,16,24H,11-15H2,1H3,(H,28,30)/t24-/m1/s1. The van der Waals surface area contributed by atoms with Crippen LogP contribution in [-0.2, 0) is 23.0 Å². The molecule has 0 bridgehead atoms. The fourth-order valence-corrected chi connectivity index (χ4v) is 4.56. The van der Waals surface area contributed by atoms with Crippen LogP contribution in [0.2, 0.25) is 0 Å². The van der Waals surface area contributed by atoms with E-state index in [0.717, 1.165) is 41.2 Å². The van der Waals surface area contributed by atoms with Crippen LogP contribution in [0.15, 0.2) is 70.2 Å². The second-order valence-electron chi connectivity index (χ2n) is 8.74. The average Bonchev–Trinajstić information content (AvgIpc) is 3.51. The first-order valence-corrected chi connectivity index (χ1v) is 11.9. The fourth-order valence-electron chi connectivity index (χ4n) is 4.56. The molecule has 10 heteroatoms. The highest BCUT2D eigenvalue weighted by molar-refractivity contribution is 6.16. The number of hydrogen-bond acceptors (Lipinski definition) is 9. The van der Waals surface area contributed by atoms with E-state index in [1.165, 1.54) is 0 Å². The third-order valence-electron chi connectivity index (χ3n) is 6.30. The summed E-state index contributed by atoms with van der Waals surface area (Å²) in [5, 5.41) is 16.0. The molecular weight excluding hydrogens is 458 g/mol. The molecule has 182 valence electrons. The van der Waals surface area contributed by atoms with Crippen molar-refractivity contribution in [2.24, 2.45) is 12.0 Å². The van der Waals surface area contributed by atoms with Gasteiger partial charge in [0.05, 0.1) is 24.6 Å². The van der Waals surface area contributed by atoms with E-state index in [1.807, 2.05) is 67.8 Å². The van der Waals surface area contributed by atoms with E-state index >= 15 is 0 Å². The number of aromatic nitrogens is 4. The zero-order valence-electron chi connectivity index (χ0n) is 19.8. The van der Waals surface area contributed by atoms with E-state index in [0.29, 0.717) is 18.9 Å². The van der Waals surface area contributed by atoms with Gasteiger partial charge in [-0.05, 0) is 5.56 Å². The molecule has 0 saturated carbocycles. The first kappa shape index (κ1) is 22.2. The number of anilines is 2. The largest absolute Gasteiger partial charge is 0.401 e. The van der Waals surface area contributed by atoms with Crippen LogP contribution >= 0.6 is 0 Å². The minimum absolute atomic E-state index is 0.0834. The van der Waals surface area contributed by atoms with Crippen LogP contribution in [0.1, 0.15) is 16.7 Å². The van der Waals surface area contributed by atoms with Crippen molar-refractivity contribution in [2.45, 2.75) is 12.6 Å². The quantitative estimate of drug-likeness (QED) is 0.461. The number of benzene rings is 2. The van der Waals surface area contributed by atoms with Crippen LogP contribution < -0.4 is 10.2 Å². The lowest BCUT2D eigenvalue weighted by molar-refractivity contribution is -0.119. The van der Waals surface area contributed by atoms with Gasteiger partial charge in [0.15, 0.2) is 17.6 Å². The number of nitrogens with one attached hydrogen (secondary N) is 1. The number of rotatable bonds is 5. The molecule has 0 unspecified atom stereocenters. The lowest BCUT2D eigenvalue weighted by Gasteiger charge is -2.27. The second-order valence-corrected chi connectivity index (χ2v) is 8.74. The van der Waals surface area contributed by atoms with Gasteiger partial charge in [0.2, 0.25) is 0 Å². The minimum atomic E-state index is -0.872. The molecule has 4 heterocycles. The van der Waals surface area contributed by atoms with Crippen molar-refractivity contribution in [3.05, 3.63) is 77.5 Å². The van der Waals surface area contributed by atoms with Crippen molar-refractivity contribution in [2.75, 3.05) is 36.5 Å². The lowest BCUT2D eigenvalue weighted by Crippen LogP contribution is -2.36. The van der Waals surface area contributed by atoms with Gasteiger partial charge in [0.25, 0.3) is 5.89 Å². The van der Waals surface area contributed by atoms with Crippen molar-refractivity contribution < 1.29 is 13.9 Å². The van der Waals surface area contributed by atoms with E-state index in [1.54, 1.807) is 4.68 Å². The number of aryl methyl sites for hydroxylation is 1. The highest BCUT2D eigenvalue weighted by atomic mass is 16.5. The van der Waals surface area contributed by atoms with E-state index in [4.69, 9.17) is 14.1 Å². The molecule has 1 atom stereocenters. The molecule has 0 aliphatic carbocycles. The summed E-state index contributed by atoms with van der Waals surface area (Å²) in [6, 6.07) is 17.8.